The smallest absolute Gasteiger partial charge is 0.303 e. The molecule has 4 heteroatoms. The van der Waals surface area contributed by atoms with Gasteiger partial charge in [0, 0.05) is 12.8 Å². The SMILES string of the molecule is CCCCCC=CCCC(CCCCCCCC(=O)O)C(CC/C=C\CCCCC)CCCCCCCC(=O)O. The minimum Gasteiger partial charge on any atom is -0.481 e. The van der Waals surface area contributed by atoms with Crippen molar-refractivity contribution in [2.45, 2.75) is 181 Å². The molecule has 0 fully saturated rings. The van der Waals surface area contributed by atoms with Crippen LogP contribution in [0.15, 0.2) is 24.3 Å². The molecular weight excluding hydrogens is 496 g/mol. The fourth-order valence-corrected chi connectivity index (χ4v) is 5.77. The Balaban J connectivity index is 4.93. The summed E-state index contributed by atoms with van der Waals surface area (Å²) < 4.78 is 0. The molecule has 0 saturated heterocycles. The summed E-state index contributed by atoms with van der Waals surface area (Å²) >= 11 is 0. The number of carboxylic acids is 2. The van der Waals surface area contributed by atoms with Gasteiger partial charge in [-0.2, -0.15) is 0 Å². The summed E-state index contributed by atoms with van der Waals surface area (Å²) in [5.41, 5.74) is 0. The highest BCUT2D eigenvalue weighted by Gasteiger charge is 2.20. The third-order valence-corrected chi connectivity index (χ3v) is 8.29. The summed E-state index contributed by atoms with van der Waals surface area (Å²) in [6.07, 6.45) is 39.0. The van der Waals surface area contributed by atoms with Gasteiger partial charge in [-0.1, -0.05) is 128 Å². The summed E-state index contributed by atoms with van der Waals surface area (Å²) in [6, 6.07) is 0. The second kappa shape index (κ2) is 30.4. The molecule has 0 aliphatic rings. The van der Waals surface area contributed by atoms with Crippen LogP contribution in [0.1, 0.15) is 181 Å². The van der Waals surface area contributed by atoms with Crippen LogP contribution < -0.4 is 0 Å². The Morgan fingerprint density at radius 2 is 0.800 bits per heavy atom. The van der Waals surface area contributed by atoms with Crippen molar-refractivity contribution < 1.29 is 19.8 Å². The van der Waals surface area contributed by atoms with E-state index in [2.05, 4.69) is 38.2 Å². The van der Waals surface area contributed by atoms with Crippen LogP contribution in [-0.4, -0.2) is 22.2 Å². The van der Waals surface area contributed by atoms with Gasteiger partial charge in [-0.25, -0.2) is 0 Å². The molecule has 4 nitrogen and oxygen atoms in total. The number of carbonyl (C=O) groups is 2. The zero-order valence-corrected chi connectivity index (χ0v) is 26.6. The molecule has 2 N–H and O–H groups in total. The van der Waals surface area contributed by atoms with Gasteiger partial charge in [-0.15, -0.1) is 0 Å². The molecule has 0 saturated carbocycles. The monoisotopic (exact) mass is 562 g/mol. The van der Waals surface area contributed by atoms with E-state index in [0.717, 1.165) is 50.4 Å². The fourth-order valence-electron chi connectivity index (χ4n) is 5.77. The molecule has 234 valence electrons. The molecule has 0 aromatic heterocycles. The molecule has 0 spiro atoms. The van der Waals surface area contributed by atoms with Crippen LogP contribution in [0.3, 0.4) is 0 Å². The van der Waals surface area contributed by atoms with Gasteiger partial charge in [0.1, 0.15) is 0 Å². The lowest BCUT2D eigenvalue weighted by Crippen LogP contribution is -2.15. The van der Waals surface area contributed by atoms with Crippen LogP contribution in [-0.2, 0) is 9.59 Å². The van der Waals surface area contributed by atoms with Gasteiger partial charge in [0.15, 0.2) is 0 Å². The molecule has 0 heterocycles. The van der Waals surface area contributed by atoms with Crippen LogP contribution in [0.25, 0.3) is 0 Å². The van der Waals surface area contributed by atoms with Gasteiger partial charge in [0.05, 0.1) is 0 Å². The average Bonchev–Trinajstić information content (AvgIpc) is 2.92. The number of rotatable bonds is 31. The van der Waals surface area contributed by atoms with Crippen LogP contribution in [0.4, 0.5) is 0 Å². The highest BCUT2D eigenvalue weighted by molar-refractivity contribution is 5.66. The third-order valence-electron chi connectivity index (χ3n) is 8.29. The van der Waals surface area contributed by atoms with Crippen LogP contribution in [0, 0.1) is 11.8 Å². The number of allylic oxidation sites excluding steroid dienone is 4. The lowest BCUT2D eigenvalue weighted by atomic mass is 9.78. The summed E-state index contributed by atoms with van der Waals surface area (Å²) in [5.74, 6) is 0.179. The third kappa shape index (κ3) is 28.0. The maximum Gasteiger partial charge on any atom is 0.303 e. The molecular formula is C36H66O4. The first kappa shape index (κ1) is 38.4. The Kier molecular flexibility index (Phi) is 29.2. The lowest BCUT2D eigenvalue weighted by molar-refractivity contribution is -0.138. The van der Waals surface area contributed by atoms with E-state index in [1.54, 1.807) is 0 Å². The Labute approximate surface area is 248 Å². The number of aliphatic carboxylic acids is 2. The fraction of sp³-hybridized carbons (Fsp3) is 0.833. The standard InChI is InChI=1S/C36H66O4/c1-3-5-7-9-11-15-21-27-33(29-23-17-13-19-25-31-35(37)38)34(28-22-16-12-10-8-6-4-2)30-24-18-14-20-26-32-36(39)40/h11-12,15-16,33-34H,3-10,13-14,17-32H2,1-2H3,(H,37,38)(H,39,40)/b15-11-,16-12?. The van der Waals surface area contributed by atoms with Crippen molar-refractivity contribution in [2.24, 2.45) is 11.8 Å². The second-order valence-electron chi connectivity index (χ2n) is 12.0. The Bertz CT molecular complexity index is 570. The molecule has 0 radical (unpaired) electrons. The first-order valence-corrected chi connectivity index (χ1v) is 17.2. The van der Waals surface area contributed by atoms with Gasteiger partial charge in [-0.3, -0.25) is 9.59 Å². The van der Waals surface area contributed by atoms with E-state index in [0.29, 0.717) is 12.8 Å². The Hall–Kier alpha value is -1.58. The molecule has 0 aromatic carbocycles. The number of hydrogen-bond donors (Lipinski definition) is 2. The van der Waals surface area contributed by atoms with Crippen LogP contribution >= 0.6 is 0 Å². The van der Waals surface area contributed by atoms with E-state index in [-0.39, 0.29) is 0 Å². The largest absolute Gasteiger partial charge is 0.481 e. The van der Waals surface area contributed by atoms with E-state index < -0.39 is 11.9 Å². The van der Waals surface area contributed by atoms with Crippen molar-refractivity contribution in [1.29, 1.82) is 0 Å². The first-order valence-electron chi connectivity index (χ1n) is 17.2. The van der Waals surface area contributed by atoms with Crippen molar-refractivity contribution in [3.8, 4) is 0 Å². The maximum absolute atomic E-state index is 10.8. The first-order chi connectivity index (χ1) is 19.5. The second-order valence-corrected chi connectivity index (χ2v) is 12.0. The van der Waals surface area contributed by atoms with E-state index >= 15 is 0 Å². The molecule has 0 aromatic rings. The average molecular weight is 563 g/mol. The van der Waals surface area contributed by atoms with E-state index in [4.69, 9.17) is 10.2 Å². The molecule has 0 aliphatic carbocycles. The van der Waals surface area contributed by atoms with E-state index in [1.165, 1.54) is 116 Å². The van der Waals surface area contributed by atoms with Gasteiger partial charge in [-0.05, 0) is 76.0 Å². The predicted octanol–water partition coefficient (Wildman–Crippen LogP) is 11.7. The minimum atomic E-state index is -0.674. The van der Waals surface area contributed by atoms with Crippen molar-refractivity contribution in [3.05, 3.63) is 24.3 Å². The molecule has 0 amide bonds. The van der Waals surface area contributed by atoms with Gasteiger partial charge in [0.25, 0.3) is 0 Å². The normalized spacial score (nSPS) is 13.3. The van der Waals surface area contributed by atoms with Gasteiger partial charge >= 0.3 is 11.9 Å². The maximum atomic E-state index is 10.8. The number of carboxylic acid groups (broad SMARTS) is 2. The quantitative estimate of drug-likeness (QED) is 0.0651. The Morgan fingerprint density at radius 1 is 0.450 bits per heavy atom. The van der Waals surface area contributed by atoms with E-state index in [9.17, 15) is 9.59 Å². The molecule has 2 unspecified atom stereocenters. The van der Waals surface area contributed by atoms with Crippen LogP contribution in [0.2, 0.25) is 0 Å². The van der Waals surface area contributed by atoms with Gasteiger partial charge < -0.3 is 10.2 Å². The zero-order chi connectivity index (χ0) is 29.5. The molecule has 0 aliphatic heterocycles. The summed E-state index contributed by atoms with van der Waals surface area (Å²) in [6.45, 7) is 4.52. The van der Waals surface area contributed by atoms with Crippen LogP contribution in [0.5, 0.6) is 0 Å². The molecule has 40 heavy (non-hydrogen) atoms. The van der Waals surface area contributed by atoms with Crippen molar-refractivity contribution >= 4 is 11.9 Å². The van der Waals surface area contributed by atoms with Crippen molar-refractivity contribution in [3.63, 3.8) is 0 Å². The topological polar surface area (TPSA) is 74.6 Å². The van der Waals surface area contributed by atoms with E-state index in [1.807, 2.05) is 0 Å². The predicted molar refractivity (Wildman–Crippen MR) is 172 cm³/mol. The lowest BCUT2D eigenvalue weighted by Gasteiger charge is -2.27. The molecule has 0 rings (SSSR count). The summed E-state index contributed by atoms with van der Waals surface area (Å²) in [5, 5.41) is 17.7. The summed E-state index contributed by atoms with van der Waals surface area (Å²) in [7, 11) is 0. The zero-order valence-electron chi connectivity index (χ0n) is 26.6. The van der Waals surface area contributed by atoms with Crippen molar-refractivity contribution in [1.82, 2.24) is 0 Å². The number of hydrogen-bond acceptors (Lipinski definition) is 2. The molecule has 2 atom stereocenters. The number of unbranched alkanes of at least 4 members (excludes halogenated alkanes) is 14. The Morgan fingerprint density at radius 3 is 1.18 bits per heavy atom. The van der Waals surface area contributed by atoms with Crippen molar-refractivity contribution in [2.75, 3.05) is 0 Å². The molecule has 0 bridgehead atoms. The summed E-state index contributed by atoms with van der Waals surface area (Å²) in [4.78, 5) is 21.6. The highest BCUT2D eigenvalue weighted by atomic mass is 16.4. The minimum absolute atomic E-state index is 0.303. The van der Waals surface area contributed by atoms with Gasteiger partial charge in [0.2, 0.25) is 0 Å². The highest BCUT2D eigenvalue weighted by Crippen LogP contribution is 2.33.